The number of benzene rings is 2. The zero-order valence-electron chi connectivity index (χ0n) is 14.8. The van der Waals surface area contributed by atoms with Gasteiger partial charge in [0.05, 0.1) is 4.90 Å². The molecule has 7 heteroatoms. The van der Waals surface area contributed by atoms with Crippen LogP contribution in [0.15, 0.2) is 53.4 Å². The van der Waals surface area contributed by atoms with E-state index in [0.717, 1.165) is 29.5 Å². The van der Waals surface area contributed by atoms with Gasteiger partial charge in [0, 0.05) is 6.54 Å². The number of aryl methyl sites for hydroxylation is 1. The van der Waals surface area contributed by atoms with Crippen LogP contribution in [0.5, 0.6) is 0 Å². The van der Waals surface area contributed by atoms with Gasteiger partial charge in [0.2, 0.25) is 15.9 Å². The van der Waals surface area contributed by atoms with E-state index in [1.807, 2.05) is 24.3 Å². The summed E-state index contributed by atoms with van der Waals surface area (Å²) in [5.41, 5.74) is 13.8. The fourth-order valence-electron chi connectivity index (χ4n) is 2.63. The number of rotatable bonds is 9. The van der Waals surface area contributed by atoms with Gasteiger partial charge in [-0.2, -0.15) is 4.72 Å². The number of nitrogens with one attached hydrogen (secondary N) is 1. The second-order valence-electron chi connectivity index (χ2n) is 6.19. The Morgan fingerprint density at radius 1 is 1.00 bits per heavy atom. The lowest BCUT2D eigenvalue weighted by Crippen LogP contribution is -2.45. The summed E-state index contributed by atoms with van der Waals surface area (Å²) in [6.45, 7) is 2.48. The van der Waals surface area contributed by atoms with Crippen molar-refractivity contribution in [2.45, 2.75) is 43.7 Å². The number of carbonyl (C=O) groups excluding carboxylic acids is 1. The topological polar surface area (TPSA) is 115 Å². The average molecular weight is 375 g/mol. The molecule has 5 N–H and O–H groups in total. The summed E-state index contributed by atoms with van der Waals surface area (Å²) in [4.78, 5) is 11.9. The van der Waals surface area contributed by atoms with Gasteiger partial charge in [-0.05, 0) is 41.7 Å². The molecule has 0 aliphatic carbocycles. The summed E-state index contributed by atoms with van der Waals surface area (Å²) >= 11 is 0. The van der Waals surface area contributed by atoms with Crippen molar-refractivity contribution >= 4 is 15.9 Å². The third-order valence-corrected chi connectivity index (χ3v) is 5.60. The first-order chi connectivity index (χ1) is 12.4. The molecule has 0 radical (unpaired) electrons. The second-order valence-corrected chi connectivity index (χ2v) is 7.91. The predicted molar refractivity (Wildman–Crippen MR) is 102 cm³/mol. The van der Waals surface area contributed by atoms with Crippen LogP contribution in [-0.2, 0) is 34.2 Å². The summed E-state index contributed by atoms with van der Waals surface area (Å²) < 4.78 is 27.6. The number of primary amides is 1. The molecule has 2 rings (SSSR count). The van der Waals surface area contributed by atoms with Crippen LogP contribution >= 0.6 is 0 Å². The molecule has 0 aromatic heterocycles. The third kappa shape index (κ3) is 5.39. The Labute approximate surface area is 154 Å². The summed E-state index contributed by atoms with van der Waals surface area (Å²) in [5.74, 6) is -0.723. The number of hydrogen-bond donors (Lipinski definition) is 3. The average Bonchev–Trinajstić information content (AvgIpc) is 2.62. The standard InChI is InChI=1S/C19H25N3O3S/c1-2-3-14-8-10-17(11-9-14)26(24,25)22-18(19(21)23)12-15-4-6-16(13-20)7-5-15/h4-11,18,22H,2-3,12-13,20H2,1H3,(H2,21,23)/t18-/m0/s1. The van der Waals surface area contributed by atoms with Crippen molar-refractivity contribution in [1.82, 2.24) is 4.72 Å². The maximum Gasteiger partial charge on any atom is 0.241 e. The molecule has 0 heterocycles. The fourth-order valence-corrected chi connectivity index (χ4v) is 3.83. The minimum Gasteiger partial charge on any atom is -0.368 e. The van der Waals surface area contributed by atoms with Gasteiger partial charge >= 0.3 is 0 Å². The number of hydrogen-bond acceptors (Lipinski definition) is 4. The first-order valence-corrected chi connectivity index (χ1v) is 10.0. The SMILES string of the molecule is CCCc1ccc(S(=O)(=O)N[C@@H](Cc2ccc(CN)cc2)C(N)=O)cc1. The monoisotopic (exact) mass is 375 g/mol. The van der Waals surface area contributed by atoms with E-state index in [1.165, 1.54) is 0 Å². The number of carbonyl (C=O) groups is 1. The van der Waals surface area contributed by atoms with Crippen LogP contribution in [0.1, 0.15) is 30.0 Å². The molecule has 140 valence electrons. The van der Waals surface area contributed by atoms with Gasteiger partial charge in [-0.25, -0.2) is 8.42 Å². The summed E-state index contributed by atoms with van der Waals surface area (Å²) in [7, 11) is -3.84. The minimum absolute atomic E-state index is 0.113. The van der Waals surface area contributed by atoms with Crippen LogP contribution in [0, 0.1) is 0 Å². The first-order valence-electron chi connectivity index (χ1n) is 8.54. The van der Waals surface area contributed by atoms with E-state index >= 15 is 0 Å². The molecule has 2 aromatic rings. The Hall–Kier alpha value is -2.22. The maximum atomic E-state index is 12.6. The second kappa shape index (κ2) is 8.93. The van der Waals surface area contributed by atoms with E-state index in [9.17, 15) is 13.2 Å². The van der Waals surface area contributed by atoms with Crippen LogP contribution in [0.2, 0.25) is 0 Å². The van der Waals surface area contributed by atoms with Crippen LogP contribution in [0.25, 0.3) is 0 Å². The molecular formula is C19H25N3O3S. The Bertz CT molecular complexity index is 831. The van der Waals surface area contributed by atoms with E-state index in [-0.39, 0.29) is 11.3 Å². The molecule has 1 atom stereocenters. The molecule has 0 bridgehead atoms. The Morgan fingerprint density at radius 2 is 1.54 bits per heavy atom. The van der Waals surface area contributed by atoms with Gasteiger partial charge < -0.3 is 11.5 Å². The highest BCUT2D eigenvalue weighted by Gasteiger charge is 2.24. The predicted octanol–water partition coefficient (Wildman–Crippen LogP) is 1.47. The van der Waals surface area contributed by atoms with Crippen LogP contribution in [0.4, 0.5) is 0 Å². The fraction of sp³-hybridized carbons (Fsp3) is 0.316. The molecule has 0 spiro atoms. The molecule has 6 nitrogen and oxygen atoms in total. The summed E-state index contributed by atoms with van der Waals surface area (Å²) in [6.07, 6.45) is 2.04. The van der Waals surface area contributed by atoms with Crippen molar-refractivity contribution in [3.8, 4) is 0 Å². The summed E-state index contributed by atoms with van der Waals surface area (Å²) in [6, 6.07) is 12.9. The van der Waals surface area contributed by atoms with Gasteiger partial charge in [0.1, 0.15) is 6.04 Å². The molecule has 0 fully saturated rings. The van der Waals surface area contributed by atoms with Crippen LogP contribution < -0.4 is 16.2 Å². The highest BCUT2D eigenvalue weighted by atomic mass is 32.2. The first kappa shape index (κ1) is 20.1. The number of amides is 1. The van der Waals surface area contributed by atoms with E-state index in [1.54, 1.807) is 24.3 Å². The van der Waals surface area contributed by atoms with Crippen molar-refractivity contribution in [3.05, 3.63) is 65.2 Å². The zero-order chi connectivity index (χ0) is 19.2. The normalized spacial score (nSPS) is 12.7. The number of sulfonamides is 1. The van der Waals surface area contributed by atoms with Crippen molar-refractivity contribution in [2.75, 3.05) is 0 Å². The van der Waals surface area contributed by atoms with E-state index in [0.29, 0.717) is 6.54 Å². The molecule has 0 saturated heterocycles. The van der Waals surface area contributed by atoms with Gasteiger partial charge in [-0.3, -0.25) is 4.79 Å². The van der Waals surface area contributed by atoms with E-state index < -0.39 is 22.0 Å². The van der Waals surface area contributed by atoms with Crippen LogP contribution in [0.3, 0.4) is 0 Å². The molecule has 0 aliphatic rings. The lowest BCUT2D eigenvalue weighted by molar-refractivity contribution is -0.119. The van der Waals surface area contributed by atoms with E-state index in [2.05, 4.69) is 11.6 Å². The van der Waals surface area contributed by atoms with Gasteiger partial charge in [0.25, 0.3) is 0 Å². The quantitative estimate of drug-likeness (QED) is 0.615. The molecule has 0 saturated carbocycles. The molecular weight excluding hydrogens is 350 g/mol. The van der Waals surface area contributed by atoms with Gasteiger partial charge in [-0.1, -0.05) is 49.7 Å². The largest absolute Gasteiger partial charge is 0.368 e. The summed E-state index contributed by atoms with van der Waals surface area (Å²) in [5, 5.41) is 0. The molecule has 0 unspecified atom stereocenters. The van der Waals surface area contributed by atoms with Gasteiger partial charge in [-0.15, -0.1) is 0 Å². The zero-order valence-corrected chi connectivity index (χ0v) is 15.6. The van der Waals surface area contributed by atoms with Crippen molar-refractivity contribution in [2.24, 2.45) is 11.5 Å². The Kier molecular flexibility index (Phi) is 6.90. The van der Waals surface area contributed by atoms with Crippen molar-refractivity contribution in [1.29, 1.82) is 0 Å². The molecule has 0 aliphatic heterocycles. The van der Waals surface area contributed by atoms with Gasteiger partial charge in [0.15, 0.2) is 0 Å². The maximum absolute atomic E-state index is 12.6. The van der Waals surface area contributed by atoms with E-state index in [4.69, 9.17) is 11.5 Å². The Balaban J connectivity index is 2.15. The lowest BCUT2D eigenvalue weighted by atomic mass is 10.0. The van der Waals surface area contributed by atoms with Crippen LogP contribution in [-0.4, -0.2) is 20.4 Å². The Morgan fingerprint density at radius 3 is 2.04 bits per heavy atom. The van der Waals surface area contributed by atoms with Crippen molar-refractivity contribution in [3.63, 3.8) is 0 Å². The smallest absolute Gasteiger partial charge is 0.241 e. The lowest BCUT2D eigenvalue weighted by Gasteiger charge is -2.16. The highest BCUT2D eigenvalue weighted by Crippen LogP contribution is 2.14. The third-order valence-electron chi connectivity index (χ3n) is 4.11. The highest BCUT2D eigenvalue weighted by molar-refractivity contribution is 7.89. The number of nitrogens with two attached hydrogens (primary N) is 2. The minimum atomic E-state index is -3.84. The molecule has 2 aromatic carbocycles. The molecule has 1 amide bonds. The van der Waals surface area contributed by atoms with Crippen molar-refractivity contribution < 1.29 is 13.2 Å². The molecule has 26 heavy (non-hydrogen) atoms.